The second kappa shape index (κ2) is 20.1. The number of carbonyl (C=O) groups excluding carboxylic acids is 2. The Balaban J connectivity index is 0.853. The van der Waals surface area contributed by atoms with Gasteiger partial charge >= 0.3 is 0 Å². The molecule has 20 heteroatoms. The molecule has 8 rings (SSSR count). The number of aromatic nitrogens is 6. The molecule has 4 aromatic heterocycles. The lowest BCUT2D eigenvalue weighted by atomic mass is 10.1. The first-order chi connectivity index (χ1) is 31.7. The maximum Gasteiger partial charge on any atom is 0.244 e. The van der Waals surface area contributed by atoms with E-state index in [0.717, 1.165) is 44.2 Å². The summed E-state index contributed by atoms with van der Waals surface area (Å²) in [5.41, 5.74) is 6.14. The van der Waals surface area contributed by atoms with Gasteiger partial charge in [0.2, 0.25) is 31.9 Å². The third-order valence-electron chi connectivity index (χ3n) is 12.0. The van der Waals surface area contributed by atoms with Crippen LogP contribution in [0.2, 0.25) is 0 Å². The lowest BCUT2D eigenvalue weighted by Crippen LogP contribution is -2.53. The molecule has 0 radical (unpaired) electrons. The van der Waals surface area contributed by atoms with Gasteiger partial charge in [0, 0.05) is 98.4 Å². The Morgan fingerprint density at radius 3 is 1.45 bits per heavy atom. The fourth-order valence-corrected chi connectivity index (χ4v) is 11.8. The summed E-state index contributed by atoms with van der Waals surface area (Å²) in [6.45, 7) is 0.826. The smallest absolute Gasteiger partial charge is 0.244 e. The maximum absolute atomic E-state index is 13.7. The quantitative estimate of drug-likeness (QED) is 0.145. The van der Waals surface area contributed by atoms with Crippen LogP contribution in [-0.4, -0.2) is 123 Å². The van der Waals surface area contributed by atoms with Crippen LogP contribution in [0.5, 0.6) is 0 Å². The van der Waals surface area contributed by atoms with Gasteiger partial charge in [0.05, 0.1) is 17.6 Å². The van der Waals surface area contributed by atoms with Crippen molar-refractivity contribution in [1.29, 1.82) is 0 Å². The number of hydrogen-bond donors (Lipinski definition) is 1. The van der Waals surface area contributed by atoms with Crippen molar-refractivity contribution in [3.8, 4) is 22.5 Å². The summed E-state index contributed by atoms with van der Waals surface area (Å²) in [5.74, 6) is -1.90. The van der Waals surface area contributed by atoms with Crippen molar-refractivity contribution in [2.24, 2.45) is 0 Å². The van der Waals surface area contributed by atoms with E-state index < -0.39 is 38.0 Å². The van der Waals surface area contributed by atoms with Gasteiger partial charge in [-0.1, -0.05) is 24.3 Å². The van der Waals surface area contributed by atoms with E-state index in [0.29, 0.717) is 37.1 Å². The molecule has 0 saturated carbocycles. The van der Waals surface area contributed by atoms with Crippen molar-refractivity contribution in [3.63, 3.8) is 0 Å². The van der Waals surface area contributed by atoms with Crippen LogP contribution in [-0.2, 0) is 55.6 Å². The molecule has 0 atom stereocenters. The first-order valence-electron chi connectivity index (χ1n) is 21.6. The molecule has 6 aromatic rings. The number of rotatable bonds is 16. The van der Waals surface area contributed by atoms with E-state index in [2.05, 4.69) is 14.7 Å². The summed E-state index contributed by atoms with van der Waals surface area (Å²) in [4.78, 5) is 38.8. The molecule has 1 N–H and O–H groups in total. The third-order valence-corrected chi connectivity index (χ3v) is 14.7. The van der Waals surface area contributed by atoms with E-state index >= 15 is 0 Å². The van der Waals surface area contributed by atoms with Gasteiger partial charge in [-0.3, -0.25) is 28.9 Å². The first-order valence-corrected chi connectivity index (χ1v) is 25.1. The van der Waals surface area contributed by atoms with Crippen LogP contribution < -0.4 is 4.72 Å². The SMILES string of the molecule is CS(=O)(=O)N(CS(=O)(=O)NC1CCN(C(=O)Cn2nc(-c3ccncc3)cc2Cc2ccc(F)cc2)CC1)C1CCN(C(=O)Cn2nc(-c3ccncc3)cc2Cc2ccc(F)cc2)CC1. The highest BCUT2D eigenvalue weighted by Gasteiger charge is 2.36. The molecular formula is C46H50F2N10O6S2. The van der Waals surface area contributed by atoms with Gasteiger partial charge in [-0.2, -0.15) is 14.5 Å². The minimum Gasteiger partial charge on any atom is -0.341 e. The fraction of sp³-hybridized carbons (Fsp3) is 0.348. The number of likely N-dealkylation sites (tertiary alicyclic amines) is 2. The third kappa shape index (κ3) is 11.8. The first kappa shape index (κ1) is 46.3. The van der Waals surface area contributed by atoms with Gasteiger partial charge in [0.25, 0.3) is 0 Å². The summed E-state index contributed by atoms with van der Waals surface area (Å²) < 4.78 is 87.7. The predicted molar refractivity (Wildman–Crippen MR) is 242 cm³/mol. The molecule has 16 nitrogen and oxygen atoms in total. The summed E-state index contributed by atoms with van der Waals surface area (Å²) in [6, 6.07) is 22.1. The molecule has 0 unspecified atom stereocenters. The number of piperidine rings is 2. The van der Waals surface area contributed by atoms with Crippen molar-refractivity contribution in [2.45, 2.75) is 63.7 Å². The van der Waals surface area contributed by atoms with Crippen LogP contribution in [0.1, 0.15) is 48.2 Å². The lowest BCUT2D eigenvalue weighted by Gasteiger charge is -2.37. The van der Waals surface area contributed by atoms with Gasteiger partial charge in [0.1, 0.15) is 30.6 Å². The van der Waals surface area contributed by atoms with E-state index in [4.69, 9.17) is 10.2 Å². The number of sulfonamides is 2. The maximum atomic E-state index is 13.7. The van der Waals surface area contributed by atoms with Crippen molar-refractivity contribution in [3.05, 3.63) is 144 Å². The van der Waals surface area contributed by atoms with Crippen LogP contribution in [0.3, 0.4) is 0 Å². The number of benzene rings is 2. The summed E-state index contributed by atoms with van der Waals surface area (Å²) in [5, 5.41) is 9.45. The lowest BCUT2D eigenvalue weighted by molar-refractivity contribution is -0.134. The Kier molecular flexibility index (Phi) is 14.1. The van der Waals surface area contributed by atoms with Gasteiger partial charge in [-0.05, 0) is 97.5 Å². The number of halogens is 2. The average molecular weight is 941 g/mol. The van der Waals surface area contributed by atoms with Crippen molar-refractivity contribution >= 4 is 31.9 Å². The molecule has 2 amide bonds. The van der Waals surface area contributed by atoms with Crippen LogP contribution in [0, 0.1) is 11.6 Å². The van der Waals surface area contributed by atoms with E-state index in [1.807, 2.05) is 36.4 Å². The van der Waals surface area contributed by atoms with Crippen LogP contribution >= 0.6 is 0 Å². The topological polar surface area (TPSA) is 186 Å². The van der Waals surface area contributed by atoms with Gasteiger partial charge in [-0.25, -0.2) is 30.3 Å². The molecule has 0 bridgehead atoms. The van der Waals surface area contributed by atoms with Crippen molar-refractivity contribution in [2.75, 3.05) is 38.3 Å². The standard InChI is InChI=1S/C46H50F2N10O6S2/c1-65(61,62)58(40-16-24-55(25-17-40)46(60)31-57-42(27-34-4-8-38(48)9-5-34)29-44(52-57)36-12-20-50-21-13-36)32-66(63,64)53-39-14-22-54(23-15-39)45(59)30-56-41(26-33-2-6-37(47)7-3-33)28-43(51-56)35-10-18-49-19-11-35/h2-13,18-21,28-29,39-40,53H,14-17,22-27,30-32H2,1H3. The normalized spacial score (nSPS) is 15.4. The van der Waals surface area contributed by atoms with Gasteiger partial charge < -0.3 is 9.80 Å². The fourth-order valence-electron chi connectivity index (χ4n) is 8.46. The van der Waals surface area contributed by atoms with Crippen LogP contribution in [0.25, 0.3) is 22.5 Å². The van der Waals surface area contributed by atoms with E-state index in [-0.39, 0.29) is 75.6 Å². The molecule has 2 fully saturated rings. The Hall–Kier alpha value is -6.22. The highest BCUT2D eigenvalue weighted by Crippen LogP contribution is 2.25. The number of nitrogens with one attached hydrogen (secondary N) is 1. The molecule has 66 heavy (non-hydrogen) atoms. The molecule has 6 heterocycles. The second-order valence-electron chi connectivity index (χ2n) is 16.7. The average Bonchev–Trinajstić information content (AvgIpc) is 3.90. The second-order valence-corrected chi connectivity index (χ2v) is 20.4. The zero-order valence-corrected chi connectivity index (χ0v) is 37.9. The number of nitrogens with zero attached hydrogens (tertiary/aromatic N) is 9. The van der Waals surface area contributed by atoms with E-state index in [1.54, 1.807) is 68.2 Å². The molecular weight excluding hydrogens is 891 g/mol. The zero-order valence-electron chi connectivity index (χ0n) is 36.3. The largest absolute Gasteiger partial charge is 0.341 e. The molecule has 2 aliphatic rings. The van der Waals surface area contributed by atoms with E-state index in [9.17, 15) is 35.2 Å². The molecule has 0 aliphatic carbocycles. The van der Waals surface area contributed by atoms with Crippen LogP contribution in [0.15, 0.2) is 110 Å². The Morgan fingerprint density at radius 2 is 1.05 bits per heavy atom. The monoisotopic (exact) mass is 940 g/mol. The number of carbonyl (C=O) groups is 2. The highest BCUT2D eigenvalue weighted by molar-refractivity contribution is 7.92. The number of pyridine rings is 2. The number of hydrogen-bond acceptors (Lipinski definition) is 10. The van der Waals surface area contributed by atoms with Crippen molar-refractivity contribution in [1.82, 2.24) is 48.4 Å². The predicted octanol–water partition coefficient (Wildman–Crippen LogP) is 4.48. The molecule has 2 aromatic carbocycles. The summed E-state index contributed by atoms with van der Waals surface area (Å²) in [7, 11) is -8.14. The Labute approximate surface area is 382 Å². The minimum absolute atomic E-state index is 0.0547. The minimum atomic E-state index is -4.15. The van der Waals surface area contributed by atoms with Crippen molar-refractivity contribution < 1.29 is 35.2 Å². The molecule has 2 aliphatic heterocycles. The van der Waals surface area contributed by atoms with Crippen LogP contribution in [0.4, 0.5) is 8.78 Å². The summed E-state index contributed by atoms with van der Waals surface area (Å²) >= 11 is 0. The molecule has 346 valence electrons. The Morgan fingerprint density at radius 1 is 0.636 bits per heavy atom. The van der Waals surface area contributed by atoms with Gasteiger partial charge in [-0.15, -0.1) is 0 Å². The molecule has 0 spiro atoms. The zero-order chi connectivity index (χ0) is 46.4. The Bertz CT molecular complexity index is 2850. The van der Waals surface area contributed by atoms with E-state index in [1.165, 1.54) is 24.3 Å². The summed E-state index contributed by atoms with van der Waals surface area (Å²) in [6.07, 6.45) is 9.51. The molecule has 2 saturated heterocycles. The number of amides is 2. The highest BCUT2D eigenvalue weighted by atomic mass is 32.2. The van der Waals surface area contributed by atoms with Gasteiger partial charge in [0.15, 0.2) is 0 Å².